The molecule has 0 spiro atoms. The van der Waals surface area contributed by atoms with E-state index in [4.69, 9.17) is 4.74 Å². The van der Waals surface area contributed by atoms with Crippen molar-refractivity contribution in [1.29, 1.82) is 0 Å². The number of carbonyl (C=O) groups is 1. The molecule has 0 aromatic heterocycles. The van der Waals surface area contributed by atoms with E-state index in [0.29, 0.717) is 0 Å². The van der Waals surface area contributed by atoms with Crippen LogP contribution in [0.5, 0.6) is 0 Å². The van der Waals surface area contributed by atoms with Gasteiger partial charge in [0.05, 0.1) is 12.0 Å². The Bertz CT molecular complexity index is 229. The van der Waals surface area contributed by atoms with Gasteiger partial charge in [-0.15, -0.1) is 0 Å². The number of fused-ring (bicyclic) bond motifs is 1. The van der Waals surface area contributed by atoms with E-state index in [-0.39, 0.29) is 17.9 Å². The lowest BCUT2D eigenvalue weighted by Crippen LogP contribution is -2.58. The Hall–Kier alpha value is -0.570. The second-order valence-electron chi connectivity index (χ2n) is 4.27. The molecule has 0 aromatic carbocycles. The van der Waals surface area contributed by atoms with Gasteiger partial charge in [-0.05, 0) is 32.6 Å². The minimum absolute atomic E-state index is 0.125. The molecule has 1 saturated carbocycles. The molecule has 2 fully saturated rings. The van der Waals surface area contributed by atoms with Gasteiger partial charge in [0.15, 0.2) is 0 Å². The van der Waals surface area contributed by atoms with Crippen LogP contribution in [-0.4, -0.2) is 17.7 Å². The summed E-state index contributed by atoms with van der Waals surface area (Å²) >= 11 is 0. The van der Waals surface area contributed by atoms with Gasteiger partial charge in [-0.2, -0.15) is 0 Å². The molecule has 3 atom stereocenters. The Morgan fingerprint density at radius 2 is 2.38 bits per heavy atom. The van der Waals surface area contributed by atoms with Gasteiger partial charge in [0.2, 0.25) is 5.91 Å². The SMILES string of the molecule is CC[C@]1(C)NC(=O)[C@@H]2CCC[C@@H]2O1. The van der Waals surface area contributed by atoms with Crippen molar-refractivity contribution in [3.63, 3.8) is 0 Å². The molecule has 1 aliphatic heterocycles. The number of hydrogen-bond donors (Lipinski definition) is 1. The molecule has 0 aromatic rings. The highest BCUT2D eigenvalue weighted by Gasteiger charge is 2.44. The van der Waals surface area contributed by atoms with Gasteiger partial charge < -0.3 is 10.1 Å². The summed E-state index contributed by atoms with van der Waals surface area (Å²) in [5, 5.41) is 2.95. The molecular weight excluding hydrogens is 166 g/mol. The van der Waals surface area contributed by atoms with Crippen LogP contribution in [0, 0.1) is 5.92 Å². The van der Waals surface area contributed by atoms with Crippen LogP contribution >= 0.6 is 0 Å². The zero-order valence-corrected chi connectivity index (χ0v) is 8.30. The summed E-state index contributed by atoms with van der Waals surface area (Å²) in [6.45, 7) is 4.00. The Balaban J connectivity index is 2.14. The maximum Gasteiger partial charge on any atom is 0.227 e. The molecule has 1 N–H and O–H groups in total. The molecule has 0 unspecified atom stereocenters. The third-order valence-electron chi connectivity index (χ3n) is 3.26. The fraction of sp³-hybridized carbons (Fsp3) is 0.900. The summed E-state index contributed by atoms with van der Waals surface area (Å²) in [5.41, 5.74) is -0.414. The lowest BCUT2D eigenvalue weighted by Gasteiger charge is -2.40. The predicted molar refractivity (Wildman–Crippen MR) is 49.1 cm³/mol. The van der Waals surface area contributed by atoms with E-state index in [1.165, 1.54) is 0 Å². The van der Waals surface area contributed by atoms with Gasteiger partial charge in [-0.1, -0.05) is 6.92 Å². The van der Waals surface area contributed by atoms with E-state index in [2.05, 4.69) is 5.32 Å². The smallest absolute Gasteiger partial charge is 0.227 e. The minimum Gasteiger partial charge on any atom is -0.352 e. The molecule has 1 aliphatic carbocycles. The average molecular weight is 183 g/mol. The Morgan fingerprint density at radius 3 is 3.08 bits per heavy atom. The number of ether oxygens (including phenoxy) is 1. The van der Waals surface area contributed by atoms with Crippen LogP contribution in [0.3, 0.4) is 0 Å². The van der Waals surface area contributed by atoms with Crippen molar-refractivity contribution in [3.05, 3.63) is 0 Å². The summed E-state index contributed by atoms with van der Waals surface area (Å²) in [6.07, 6.45) is 4.19. The van der Waals surface area contributed by atoms with Crippen molar-refractivity contribution in [2.45, 2.75) is 51.4 Å². The van der Waals surface area contributed by atoms with Crippen LogP contribution in [0.1, 0.15) is 39.5 Å². The Kier molecular flexibility index (Phi) is 2.06. The second-order valence-corrected chi connectivity index (χ2v) is 4.27. The average Bonchev–Trinajstić information content (AvgIpc) is 2.52. The normalized spacial score (nSPS) is 44.3. The van der Waals surface area contributed by atoms with Gasteiger partial charge in [0.1, 0.15) is 5.72 Å². The van der Waals surface area contributed by atoms with E-state index in [1.807, 2.05) is 13.8 Å². The van der Waals surface area contributed by atoms with Crippen LogP contribution in [0.2, 0.25) is 0 Å². The second kappa shape index (κ2) is 2.98. The van der Waals surface area contributed by atoms with E-state index in [1.54, 1.807) is 0 Å². The van der Waals surface area contributed by atoms with E-state index >= 15 is 0 Å². The first kappa shape index (κ1) is 9.00. The zero-order chi connectivity index (χ0) is 9.47. The van der Waals surface area contributed by atoms with Crippen molar-refractivity contribution in [2.75, 3.05) is 0 Å². The predicted octanol–water partition coefficient (Wildman–Crippen LogP) is 1.43. The monoisotopic (exact) mass is 183 g/mol. The largest absolute Gasteiger partial charge is 0.352 e. The number of hydrogen-bond acceptors (Lipinski definition) is 2. The number of rotatable bonds is 1. The highest BCUT2D eigenvalue weighted by atomic mass is 16.5. The van der Waals surface area contributed by atoms with Crippen LogP contribution in [0.15, 0.2) is 0 Å². The molecule has 2 aliphatic rings. The van der Waals surface area contributed by atoms with Crippen LogP contribution in [0.25, 0.3) is 0 Å². The fourth-order valence-corrected chi connectivity index (χ4v) is 2.26. The van der Waals surface area contributed by atoms with Crippen molar-refractivity contribution >= 4 is 5.91 Å². The van der Waals surface area contributed by atoms with Gasteiger partial charge in [-0.3, -0.25) is 4.79 Å². The van der Waals surface area contributed by atoms with Gasteiger partial charge in [0.25, 0.3) is 0 Å². The quantitative estimate of drug-likeness (QED) is 0.667. The highest BCUT2D eigenvalue weighted by molar-refractivity contribution is 5.80. The Morgan fingerprint density at radius 1 is 1.62 bits per heavy atom. The molecule has 1 heterocycles. The molecule has 3 heteroatoms. The minimum atomic E-state index is -0.414. The molecule has 0 radical (unpaired) electrons. The van der Waals surface area contributed by atoms with Crippen molar-refractivity contribution < 1.29 is 9.53 Å². The maximum atomic E-state index is 11.7. The van der Waals surface area contributed by atoms with Crippen LogP contribution in [-0.2, 0) is 9.53 Å². The number of nitrogens with one attached hydrogen (secondary N) is 1. The summed E-state index contributed by atoms with van der Waals surface area (Å²) in [5.74, 6) is 0.317. The molecule has 13 heavy (non-hydrogen) atoms. The van der Waals surface area contributed by atoms with Crippen molar-refractivity contribution in [1.82, 2.24) is 5.32 Å². The molecule has 1 saturated heterocycles. The molecule has 74 valence electrons. The third kappa shape index (κ3) is 1.46. The topological polar surface area (TPSA) is 38.3 Å². The van der Waals surface area contributed by atoms with Gasteiger partial charge >= 0.3 is 0 Å². The molecule has 0 bridgehead atoms. The first-order valence-electron chi connectivity index (χ1n) is 5.14. The summed E-state index contributed by atoms with van der Waals surface area (Å²) in [4.78, 5) is 11.7. The lowest BCUT2D eigenvalue weighted by molar-refractivity contribution is -0.173. The van der Waals surface area contributed by atoms with Gasteiger partial charge in [-0.25, -0.2) is 0 Å². The van der Waals surface area contributed by atoms with E-state index in [0.717, 1.165) is 25.7 Å². The van der Waals surface area contributed by atoms with Crippen LogP contribution < -0.4 is 5.32 Å². The number of carbonyl (C=O) groups excluding carboxylic acids is 1. The molecular formula is C10H17NO2. The zero-order valence-electron chi connectivity index (χ0n) is 8.30. The summed E-state index contributed by atoms with van der Waals surface area (Å²) < 4.78 is 5.89. The highest BCUT2D eigenvalue weighted by Crippen LogP contribution is 2.35. The first-order chi connectivity index (χ1) is 6.14. The van der Waals surface area contributed by atoms with Gasteiger partial charge in [0, 0.05) is 0 Å². The summed E-state index contributed by atoms with van der Waals surface area (Å²) in [6, 6.07) is 0. The fourth-order valence-electron chi connectivity index (χ4n) is 2.26. The van der Waals surface area contributed by atoms with Crippen molar-refractivity contribution in [2.24, 2.45) is 5.92 Å². The standard InChI is InChI=1S/C10H17NO2/c1-3-10(2)11-9(12)7-5-4-6-8(7)13-10/h7-8H,3-6H2,1-2H3,(H,11,12)/t7-,8+,10-/m1/s1. The maximum absolute atomic E-state index is 11.7. The summed E-state index contributed by atoms with van der Waals surface area (Å²) in [7, 11) is 0. The Labute approximate surface area is 78.8 Å². The third-order valence-corrected chi connectivity index (χ3v) is 3.26. The molecule has 1 amide bonds. The van der Waals surface area contributed by atoms with E-state index < -0.39 is 5.72 Å². The first-order valence-corrected chi connectivity index (χ1v) is 5.14. The van der Waals surface area contributed by atoms with Crippen molar-refractivity contribution in [3.8, 4) is 0 Å². The number of amides is 1. The lowest BCUT2D eigenvalue weighted by atomic mass is 9.99. The molecule has 2 rings (SSSR count). The van der Waals surface area contributed by atoms with E-state index in [9.17, 15) is 4.79 Å². The molecule has 3 nitrogen and oxygen atoms in total. The van der Waals surface area contributed by atoms with Crippen LogP contribution in [0.4, 0.5) is 0 Å².